The summed E-state index contributed by atoms with van der Waals surface area (Å²) in [5, 5.41) is 0. The molecule has 2 rings (SSSR count). The van der Waals surface area contributed by atoms with E-state index in [4.69, 9.17) is 4.74 Å². The summed E-state index contributed by atoms with van der Waals surface area (Å²) in [6.07, 6.45) is 5.74. The average molecular weight is 212 g/mol. The van der Waals surface area contributed by atoms with Gasteiger partial charge in [0, 0.05) is 13.5 Å². The lowest BCUT2D eigenvalue weighted by atomic mass is 9.77. The van der Waals surface area contributed by atoms with Crippen LogP contribution in [0.3, 0.4) is 0 Å². The van der Waals surface area contributed by atoms with Crippen LogP contribution in [-0.4, -0.2) is 38.6 Å². The lowest BCUT2D eigenvalue weighted by molar-refractivity contribution is -0.932. The number of piperidine rings is 1. The lowest BCUT2D eigenvalue weighted by Gasteiger charge is -2.40. The highest BCUT2D eigenvalue weighted by Crippen LogP contribution is 2.26. The van der Waals surface area contributed by atoms with Gasteiger partial charge in [0.2, 0.25) is 0 Å². The summed E-state index contributed by atoms with van der Waals surface area (Å²) in [4.78, 5) is 13.4. The SMILES string of the molecule is COCC[NH+]1CCC(=O)[C@H]2CCCC[C@@H]21. The highest BCUT2D eigenvalue weighted by atomic mass is 16.5. The predicted octanol–water partition coefficient (Wildman–Crippen LogP) is 0.0493. The van der Waals surface area contributed by atoms with Crippen LogP contribution in [0.25, 0.3) is 0 Å². The third kappa shape index (κ3) is 2.40. The minimum absolute atomic E-state index is 0.374. The Morgan fingerprint density at radius 2 is 2.20 bits per heavy atom. The Hall–Kier alpha value is -0.410. The van der Waals surface area contributed by atoms with E-state index in [1.807, 2.05) is 0 Å². The van der Waals surface area contributed by atoms with Crippen LogP contribution in [0.2, 0.25) is 0 Å². The van der Waals surface area contributed by atoms with Gasteiger partial charge in [-0.3, -0.25) is 4.79 Å². The van der Waals surface area contributed by atoms with Crippen LogP contribution >= 0.6 is 0 Å². The van der Waals surface area contributed by atoms with Crippen molar-refractivity contribution in [2.75, 3.05) is 26.8 Å². The number of nitrogens with one attached hydrogen (secondary N) is 1. The van der Waals surface area contributed by atoms with Gasteiger partial charge in [-0.1, -0.05) is 6.42 Å². The van der Waals surface area contributed by atoms with Gasteiger partial charge in [-0.05, 0) is 12.8 Å². The van der Waals surface area contributed by atoms with Crippen LogP contribution in [0.15, 0.2) is 0 Å². The summed E-state index contributed by atoms with van der Waals surface area (Å²) in [6, 6.07) is 0.607. The molecule has 3 heteroatoms. The molecule has 86 valence electrons. The second-order valence-electron chi connectivity index (χ2n) is 4.86. The standard InChI is InChI=1S/C12H21NO2/c1-15-9-8-13-7-6-12(14)10-4-2-3-5-11(10)13/h10-11H,2-9H2,1H3/p+1/t10-,11-/m0/s1. The number of rotatable bonds is 3. The Morgan fingerprint density at radius 1 is 1.40 bits per heavy atom. The second kappa shape index (κ2) is 5.08. The van der Waals surface area contributed by atoms with Crippen molar-refractivity contribution in [3.63, 3.8) is 0 Å². The van der Waals surface area contributed by atoms with E-state index in [1.165, 1.54) is 19.3 Å². The number of hydrogen-bond donors (Lipinski definition) is 1. The fourth-order valence-electron chi connectivity index (χ4n) is 3.20. The molecule has 0 bridgehead atoms. The zero-order valence-electron chi connectivity index (χ0n) is 9.63. The molecule has 3 atom stereocenters. The zero-order valence-corrected chi connectivity index (χ0v) is 9.63. The van der Waals surface area contributed by atoms with Crippen molar-refractivity contribution in [2.24, 2.45) is 5.92 Å². The van der Waals surface area contributed by atoms with Crippen molar-refractivity contribution in [3.8, 4) is 0 Å². The van der Waals surface area contributed by atoms with Crippen LogP contribution in [0.1, 0.15) is 32.1 Å². The molecular weight excluding hydrogens is 190 g/mol. The molecule has 2 fully saturated rings. The molecule has 0 aromatic carbocycles. The third-order valence-electron chi connectivity index (χ3n) is 4.02. The number of methoxy groups -OCH3 is 1. The van der Waals surface area contributed by atoms with E-state index in [0.717, 1.165) is 32.5 Å². The van der Waals surface area contributed by atoms with E-state index in [2.05, 4.69) is 0 Å². The molecule has 1 aliphatic heterocycles. The second-order valence-corrected chi connectivity index (χ2v) is 4.86. The van der Waals surface area contributed by atoms with Crippen molar-refractivity contribution >= 4 is 5.78 Å². The Kier molecular flexibility index (Phi) is 3.76. The number of fused-ring (bicyclic) bond motifs is 1. The predicted molar refractivity (Wildman–Crippen MR) is 57.9 cm³/mol. The first-order valence-electron chi connectivity index (χ1n) is 6.19. The highest BCUT2D eigenvalue weighted by molar-refractivity contribution is 5.82. The Morgan fingerprint density at radius 3 is 3.00 bits per heavy atom. The fraction of sp³-hybridized carbons (Fsp3) is 0.917. The molecule has 0 radical (unpaired) electrons. The molecule has 1 saturated carbocycles. The van der Waals surface area contributed by atoms with Crippen LogP contribution in [0, 0.1) is 5.92 Å². The van der Waals surface area contributed by atoms with Crippen molar-refractivity contribution < 1.29 is 14.4 Å². The maximum Gasteiger partial charge on any atom is 0.147 e. The topological polar surface area (TPSA) is 30.7 Å². The number of ether oxygens (including phenoxy) is 1. The Bertz CT molecular complexity index is 230. The molecule has 1 heterocycles. The van der Waals surface area contributed by atoms with Gasteiger partial charge in [0.05, 0.1) is 31.5 Å². The first-order valence-corrected chi connectivity index (χ1v) is 6.19. The van der Waals surface area contributed by atoms with Gasteiger partial charge in [0.25, 0.3) is 0 Å². The summed E-state index contributed by atoms with van der Waals surface area (Å²) in [6.45, 7) is 2.93. The smallest absolute Gasteiger partial charge is 0.147 e. The molecule has 3 nitrogen and oxygen atoms in total. The van der Waals surface area contributed by atoms with E-state index in [-0.39, 0.29) is 0 Å². The Labute approximate surface area is 91.8 Å². The minimum Gasteiger partial charge on any atom is -0.379 e. The first kappa shape index (κ1) is 11.1. The van der Waals surface area contributed by atoms with Crippen LogP contribution < -0.4 is 4.90 Å². The number of carbonyl (C=O) groups excluding carboxylic acids is 1. The number of Topliss-reactive ketones (excluding diaryl/α,β-unsaturated/α-hetero) is 1. The van der Waals surface area contributed by atoms with Crippen molar-refractivity contribution in [2.45, 2.75) is 38.1 Å². The summed E-state index contributed by atoms with van der Waals surface area (Å²) in [5.74, 6) is 0.903. The van der Waals surface area contributed by atoms with Gasteiger partial charge in [-0.25, -0.2) is 0 Å². The number of likely N-dealkylation sites (tertiary alicyclic amines) is 1. The summed E-state index contributed by atoms with van der Waals surface area (Å²) in [7, 11) is 1.76. The number of hydrogen-bond acceptors (Lipinski definition) is 2. The summed E-state index contributed by atoms with van der Waals surface area (Å²) in [5.41, 5.74) is 0. The van der Waals surface area contributed by atoms with Crippen LogP contribution in [0.5, 0.6) is 0 Å². The molecule has 0 amide bonds. The molecule has 1 saturated heterocycles. The van der Waals surface area contributed by atoms with E-state index < -0.39 is 0 Å². The largest absolute Gasteiger partial charge is 0.379 e. The highest BCUT2D eigenvalue weighted by Gasteiger charge is 2.41. The van der Waals surface area contributed by atoms with E-state index in [0.29, 0.717) is 17.7 Å². The van der Waals surface area contributed by atoms with Crippen molar-refractivity contribution in [1.82, 2.24) is 0 Å². The maximum absolute atomic E-state index is 11.8. The van der Waals surface area contributed by atoms with Crippen molar-refractivity contribution in [1.29, 1.82) is 0 Å². The average Bonchev–Trinajstić information content (AvgIpc) is 2.29. The molecule has 1 aliphatic carbocycles. The fourth-order valence-corrected chi connectivity index (χ4v) is 3.20. The van der Waals surface area contributed by atoms with Gasteiger partial charge in [0.1, 0.15) is 12.3 Å². The molecule has 1 N–H and O–H groups in total. The molecule has 1 unspecified atom stereocenters. The van der Waals surface area contributed by atoms with E-state index >= 15 is 0 Å². The molecule has 0 aromatic heterocycles. The van der Waals surface area contributed by atoms with Gasteiger partial charge in [-0.15, -0.1) is 0 Å². The third-order valence-corrected chi connectivity index (χ3v) is 4.02. The number of ketones is 1. The lowest BCUT2D eigenvalue weighted by Crippen LogP contribution is -3.18. The van der Waals surface area contributed by atoms with Gasteiger partial charge in [-0.2, -0.15) is 0 Å². The molecule has 15 heavy (non-hydrogen) atoms. The van der Waals surface area contributed by atoms with Gasteiger partial charge < -0.3 is 9.64 Å². The quantitative estimate of drug-likeness (QED) is 0.716. The van der Waals surface area contributed by atoms with Crippen molar-refractivity contribution in [3.05, 3.63) is 0 Å². The van der Waals surface area contributed by atoms with E-state index in [1.54, 1.807) is 12.0 Å². The molecule has 0 aromatic rings. The van der Waals surface area contributed by atoms with Crippen LogP contribution in [0.4, 0.5) is 0 Å². The normalized spacial score (nSPS) is 36.3. The number of quaternary nitrogens is 1. The molecule has 0 spiro atoms. The number of carbonyl (C=O) groups is 1. The Balaban J connectivity index is 1.97. The van der Waals surface area contributed by atoms with Gasteiger partial charge >= 0.3 is 0 Å². The van der Waals surface area contributed by atoms with Gasteiger partial charge in [0.15, 0.2) is 0 Å². The molecule has 2 aliphatic rings. The zero-order chi connectivity index (χ0) is 10.7. The molecular formula is C12H22NO2+. The van der Waals surface area contributed by atoms with E-state index in [9.17, 15) is 4.79 Å². The van der Waals surface area contributed by atoms with Crippen LogP contribution in [-0.2, 0) is 9.53 Å². The maximum atomic E-state index is 11.8. The minimum atomic E-state index is 0.374. The first-order chi connectivity index (χ1) is 7.33. The monoisotopic (exact) mass is 212 g/mol. The summed E-state index contributed by atoms with van der Waals surface area (Å²) >= 11 is 0. The summed E-state index contributed by atoms with van der Waals surface area (Å²) < 4.78 is 5.15.